The standard InChI is InChI=1S/C6H9NO2S/c1-5(9-8)7-3-4-10-6(7)2/h1,3-4H2,2H3/p+1. The van der Waals surface area contributed by atoms with Crippen LogP contribution < -0.4 is 0 Å². The van der Waals surface area contributed by atoms with Crippen LogP contribution in [0.5, 0.6) is 0 Å². The van der Waals surface area contributed by atoms with Crippen LogP contribution in [-0.4, -0.2) is 27.2 Å². The minimum Gasteiger partial charge on any atom is -0.274 e. The molecule has 0 saturated heterocycles. The summed E-state index contributed by atoms with van der Waals surface area (Å²) < 4.78 is 1.84. The van der Waals surface area contributed by atoms with Gasteiger partial charge in [0.25, 0.3) is 0 Å². The topological polar surface area (TPSA) is 32.5 Å². The van der Waals surface area contributed by atoms with Crippen LogP contribution in [0.2, 0.25) is 0 Å². The number of hydrogen-bond acceptors (Lipinski definition) is 3. The third kappa shape index (κ3) is 1.33. The van der Waals surface area contributed by atoms with Gasteiger partial charge in [-0.1, -0.05) is 11.8 Å². The molecular weight excluding hydrogens is 150 g/mol. The highest BCUT2D eigenvalue weighted by Gasteiger charge is 2.23. The molecular formula is C6H10NO2S+. The molecule has 0 amide bonds. The Hall–Kier alpha value is -0.480. The van der Waals surface area contributed by atoms with E-state index in [1.165, 1.54) is 0 Å². The lowest BCUT2D eigenvalue weighted by Gasteiger charge is -1.95. The van der Waals surface area contributed by atoms with Crippen molar-refractivity contribution < 1.29 is 14.7 Å². The van der Waals surface area contributed by atoms with Gasteiger partial charge in [-0.25, -0.2) is 0 Å². The minimum absolute atomic E-state index is 0.308. The summed E-state index contributed by atoms with van der Waals surface area (Å²) in [6.45, 7) is 6.37. The average molecular weight is 160 g/mol. The van der Waals surface area contributed by atoms with Crippen LogP contribution in [-0.2, 0) is 4.89 Å². The van der Waals surface area contributed by atoms with E-state index in [1.54, 1.807) is 11.8 Å². The summed E-state index contributed by atoms with van der Waals surface area (Å²) in [5.74, 6) is 1.34. The van der Waals surface area contributed by atoms with Crippen molar-refractivity contribution in [1.29, 1.82) is 0 Å². The van der Waals surface area contributed by atoms with Gasteiger partial charge in [0.2, 0.25) is 5.04 Å². The largest absolute Gasteiger partial charge is 0.393 e. The highest BCUT2D eigenvalue weighted by atomic mass is 32.2. The van der Waals surface area contributed by atoms with Crippen LogP contribution in [0.25, 0.3) is 0 Å². The molecule has 3 nitrogen and oxygen atoms in total. The third-order valence-electron chi connectivity index (χ3n) is 1.41. The quantitative estimate of drug-likeness (QED) is 0.284. The monoisotopic (exact) mass is 160 g/mol. The van der Waals surface area contributed by atoms with E-state index in [9.17, 15) is 0 Å². The molecule has 4 heteroatoms. The summed E-state index contributed by atoms with van der Waals surface area (Å²) in [7, 11) is 0. The SMILES string of the molecule is C=C(OO)[N+]1=C(C)SCC1. The first-order valence-electron chi connectivity index (χ1n) is 3.00. The van der Waals surface area contributed by atoms with Crippen molar-refractivity contribution in [2.45, 2.75) is 6.92 Å². The molecule has 0 unspecified atom stereocenters. The Balaban J connectivity index is 2.71. The van der Waals surface area contributed by atoms with Crippen LogP contribution in [0.4, 0.5) is 0 Å². The van der Waals surface area contributed by atoms with Gasteiger partial charge in [0, 0.05) is 13.5 Å². The molecule has 0 aliphatic carbocycles. The Morgan fingerprint density at radius 1 is 1.90 bits per heavy atom. The molecule has 1 aliphatic heterocycles. The molecule has 0 aromatic carbocycles. The summed E-state index contributed by atoms with van der Waals surface area (Å²) >= 11 is 1.74. The van der Waals surface area contributed by atoms with E-state index in [0.29, 0.717) is 5.88 Å². The fourth-order valence-corrected chi connectivity index (χ4v) is 1.79. The van der Waals surface area contributed by atoms with Gasteiger partial charge in [-0.15, -0.1) is 0 Å². The van der Waals surface area contributed by atoms with Crippen molar-refractivity contribution in [3.8, 4) is 0 Å². The van der Waals surface area contributed by atoms with Gasteiger partial charge in [-0.05, 0) is 0 Å². The first-order chi connectivity index (χ1) is 4.75. The van der Waals surface area contributed by atoms with Crippen molar-refractivity contribution in [3.63, 3.8) is 0 Å². The van der Waals surface area contributed by atoms with Gasteiger partial charge in [0.1, 0.15) is 0 Å². The molecule has 0 bridgehead atoms. The maximum Gasteiger partial charge on any atom is 0.393 e. The van der Waals surface area contributed by atoms with Crippen molar-refractivity contribution in [3.05, 3.63) is 12.5 Å². The fraction of sp³-hybridized carbons (Fsp3) is 0.500. The van der Waals surface area contributed by atoms with Crippen molar-refractivity contribution in [1.82, 2.24) is 0 Å². The van der Waals surface area contributed by atoms with E-state index in [-0.39, 0.29) is 0 Å². The second-order valence-corrected chi connectivity index (χ2v) is 3.29. The van der Waals surface area contributed by atoms with E-state index < -0.39 is 0 Å². The smallest absolute Gasteiger partial charge is 0.274 e. The lowest BCUT2D eigenvalue weighted by molar-refractivity contribution is -0.530. The van der Waals surface area contributed by atoms with Gasteiger partial charge in [0.15, 0.2) is 6.54 Å². The van der Waals surface area contributed by atoms with Crippen molar-refractivity contribution in [2.24, 2.45) is 0 Å². The van der Waals surface area contributed by atoms with Crippen LogP contribution in [0.3, 0.4) is 0 Å². The number of thioether (sulfide) groups is 1. The molecule has 0 aromatic rings. The molecule has 1 aliphatic rings. The number of nitrogens with zero attached hydrogens (tertiary/aromatic N) is 1. The lowest BCUT2D eigenvalue weighted by atomic mass is 10.6. The Morgan fingerprint density at radius 2 is 2.60 bits per heavy atom. The molecule has 10 heavy (non-hydrogen) atoms. The molecule has 1 heterocycles. The molecule has 1 rings (SSSR count). The molecule has 0 aromatic heterocycles. The van der Waals surface area contributed by atoms with E-state index in [0.717, 1.165) is 17.3 Å². The summed E-state index contributed by atoms with van der Waals surface area (Å²) in [5, 5.41) is 9.37. The van der Waals surface area contributed by atoms with E-state index in [1.807, 2.05) is 11.5 Å². The summed E-state index contributed by atoms with van der Waals surface area (Å²) in [4.78, 5) is 4.00. The predicted molar refractivity (Wildman–Crippen MR) is 41.1 cm³/mol. The minimum atomic E-state index is 0.308. The Kier molecular flexibility index (Phi) is 2.34. The van der Waals surface area contributed by atoms with Gasteiger partial charge >= 0.3 is 5.88 Å². The molecule has 0 radical (unpaired) electrons. The molecule has 0 spiro atoms. The maximum atomic E-state index is 8.25. The van der Waals surface area contributed by atoms with E-state index in [2.05, 4.69) is 11.5 Å². The third-order valence-corrected chi connectivity index (χ3v) is 2.44. The lowest BCUT2D eigenvalue weighted by Crippen LogP contribution is -2.13. The van der Waals surface area contributed by atoms with Gasteiger partial charge in [0.05, 0.1) is 5.75 Å². The highest BCUT2D eigenvalue weighted by Crippen LogP contribution is 2.14. The van der Waals surface area contributed by atoms with Crippen LogP contribution in [0.1, 0.15) is 6.92 Å². The van der Waals surface area contributed by atoms with E-state index in [4.69, 9.17) is 5.26 Å². The summed E-state index contributed by atoms with van der Waals surface area (Å²) in [6, 6.07) is 0. The van der Waals surface area contributed by atoms with Crippen LogP contribution >= 0.6 is 11.8 Å². The zero-order valence-electron chi connectivity index (χ0n) is 5.83. The van der Waals surface area contributed by atoms with Crippen molar-refractivity contribution in [2.75, 3.05) is 12.3 Å². The first kappa shape index (κ1) is 7.63. The zero-order valence-corrected chi connectivity index (χ0v) is 6.65. The summed E-state index contributed by atoms with van der Waals surface area (Å²) in [6.07, 6.45) is 0. The average Bonchev–Trinajstić information content (AvgIpc) is 2.34. The second kappa shape index (κ2) is 3.07. The Morgan fingerprint density at radius 3 is 3.00 bits per heavy atom. The Bertz CT molecular complexity index is 188. The fourth-order valence-electron chi connectivity index (χ4n) is 0.870. The van der Waals surface area contributed by atoms with Crippen LogP contribution in [0, 0.1) is 0 Å². The van der Waals surface area contributed by atoms with Gasteiger partial charge in [-0.3, -0.25) is 4.89 Å². The van der Waals surface area contributed by atoms with Gasteiger partial charge in [-0.2, -0.15) is 9.83 Å². The predicted octanol–water partition coefficient (Wildman–Crippen LogP) is 1.12. The molecule has 0 saturated carbocycles. The zero-order chi connectivity index (χ0) is 7.56. The summed E-state index contributed by atoms with van der Waals surface area (Å²) in [5.41, 5.74) is 0. The molecule has 1 N–H and O–H groups in total. The highest BCUT2D eigenvalue weighted by molar-refractivity contribution is 8.13. The van der Waals surface area contributed by atoms with Crippen LogP contribution in [0.15, 0.2) is 12.5 Å². The maximum absolute atomic E-state index is 8.25. The van der Waals surface area contributed by atoms with E-state index >= 15 is 0 Å². The molecule has 0 atom stereocenters. The van der Waals surface area contributed by atoms with Crippen molar-refractivity contribution >= 4 is 16.8 Å². The normalized spacial score (nSPS) is 17.8. The Labute approximate surface area is 63.9 Å². The second-order valence-electron chi connectivity index (χ2n) is 2.00. The molecule has 0 fully saturated rings. The number of hydrogen-bond donors (Lipinski definition) is 1. The number of rotatable bonds is 2. The molecule has 56 valence electrons. The van der Waals surface area contributed by atoms with Gasteiger partial charge < -0.3 is 0 Å². The first-order valence-corrected chi connectivity index (χ1v) is 3.98.